The fraction of sp³-hybridized carbons (Fsp3) is 0.350. The van der Waals surface area contributed by atoms with Gasteiger partial charge in [-0.3, -0.25) is 4.79 Å². The van der Waals surface area contributed by atoms with Crippen molar-refractivity contribution < 1.29 is 19.0 Å². The van der Waals surface area contributed by atoms with Crippen molar-refractivity contribution in [2.75, 3.05) is 26.9 Å². The van der Waals surface area contributed by atoms with Crippen LogP contribution in [0.25, 0.3) is 0 Å². The van der Waals surface area contributed by atoms with Gasteiger partial charge in [0.1, 0.15) is 23.9 Å². The van der Waals surface area contributed by atoms with E-state index in [2.05, 4.69) is 5.32 Å². The third-order valence-corrected chi connectivity index (χ3v) is 3.65. The van der Waals surface area contributed by atoms with E-state index in [1.807, 2.05) is 55.5 Å². The Morgan fingerprint density at radius 1 is 1.00 bits per heavy atom. The van der Waals surface area contributed by atoms with Crippen molar-refractivity contribution in [3.8, 4) is 17.2 Å². The highest BCUT2D eigenvalue weighted by Crippen LogP contribution is 2.19. The quantitative estimate of drug-likeness (QED) is 0.673. The lowest BCUT2D eigenvalue weighted by atomic mass is 10.1. The zero-order valence-corrected chi connectivity index (χ0v) is 14.8. The van der Waals surface area contributed by atoms with Gasteiger partial charge in [0, 0.05) is 6.42 Å². The first-order chi connectivity index (χ1) is 12.2. The molecule has 1 N–H and O–H groups in total. The normalized spacial score (nSPS) is 10.2. The van der Waals surface area contributed by atoms with Crippen LogP contribution < -0.4 is 19.5 Å². The summed E-state index contributed by atoms with van der Waals surface area (Å²) in [6.07, 6.45) is 1.08. The van der Waals surface area contributed by atoms with Crippen molar-refractivity contribution in [1.82, 2.24) is 5.32 Å². The molecule has 2 rings (SSSR count). The molecule has 0 aliphatic rings. The summed E-state index contributed by atoms with van der Waals surface area (Å²) >= 11 is 0. The lowest BCUT2D eigenvalue weighted by Crippen LogP contribution is -2.28. The number of rotatable bonds is 10. The fourth-order valence-electron chi connectivity index (χ4n) is 2.37. The molecule has 0 aromatic heterocycles. The Hall–Kier alpha value is -2.69. The van der Waals surface area contributed by atoms with Gasteiger partial charge in [-0.05, 0) is 49.2 Å². The average Bonchev–Trinajstić information content (AvgIpc) is 2.65. The number of carbonyl (C=O) groups is 1. The number of methoxy groups -OCH3 is 1. The van der Waals surface area contributed by atoms with E-state index in [0.29, 0.717) is 32.6 Å². The van der Waals surface area contributed by atoms with Crippen molar-refractivity contribution in [2.45, 2.75) is 19.8 Å². The van der Waals surface area contributed by atoms with Gasteiger partial charge < -0.3 is 19.5 Å². The third kappa shape index (κ3) is 6.37. The van der Waals surface area contributed by atoms with E-state index in [1.165, 1.54) is 0 Å². The number of para-hydroxylation sites is 1. The summed E-state index contributed by atoms with van der Waals surface area (Å²) in [6.45, 7) is 3.46. The van der Waals surface area contributed by atoms with Gasteiger partial charge in [-0.25, -0.2) is 0 Å². The first-order valence-corrected chi connectivity index (χ1v) is 8.47. The van der Waals surface area contributed by atoms with E-state index in [0.717, 1.165) is 22.8 Å². The lowest BCUT2D eigenvalue weighted by molar-refractivity contribution is -0.121. The molecule has 5 nitrogen and oxygen atoms in total. The molecule has 0 unspecified atom stereocenters. The third-order valence-electron chi connectivity index (χ3n) is 3.65. The maximum absolute atomic E-state index is 12.0. The van der Waals surface area contributed by atoms with E-state index in [-0.39, 0.29) is 5.91 Å². The van der Waals surface area contributed by atoms with Gasteiger partial charge in [-0.2, -0.15) is 0 Å². The first kappa shape index (κ1) is 18.6. The zero-order valence-electron chi connectivity index (χ0n) is 14.8. The Kier molecular flexibility index (Phi) is 7.63. The van der Waals surface area contributed by atoms with Gasteiger partial charge in [0.15, 0.2) is 0 Å². The number of nitrogens with one attached hydrogen (secondary N) is 1. The van der Waals surface area contributed by atoms with Crippen LogP contribution in [-0.4, -0.2) is 32.8 Å². The largest absolute Gasteiger partial charge is 0.497 e. The number of aryl methyl sites for hydroxylation is 1. The number of hydrogen-bond donors (Lipinski definition) is 1. The molecule has 25 heavy (non-hydrogen) atoms. The minimum absolute atomic E-state index is 0.00429. The molecule has 0 radical (unpaired) electrons. The van der Waals surface area contributed by atoms with E-state index in [4.69, 9.17) is 14.2 Å². The molecule has 134 valence electrons. The second-order valence-corrected chi connectivity index (χ2v) is 5.41. The van der Waals surface area contributed by atoms with Crippen molar-refractivity contribution in [2.24, 2.45) is 0 Å². The number of hydrogen-bond acceptors (Lipinski definition) is 4. The van der Waals surface area contributed by atoms with E-state index >= 15 is 0 Å². The molecule has 0 saturated carbocycles. The predicted molar refractivity (Wildman–Crippen MR) is 97.4 cm³/mol. The molecule has 0 fully saturated rings. The second kappa shape index (κ2) is 10.2. The van der Waals surface area contributed by atoms with Crippen LogP contribution in [0.3, 0.4) is 0 Å². The smallest absolute Gasteiger partial charge is 0.220 e. The van der Waals surface area contributed by atoms with Crippen molar-refractivity contribution in [3.05, 3.63) is 54.1 Å². The van der Waals surface area contributed by atoms with Crippen LogP contribution in [0, 0.1) is 0 Å². The molecule has 5 heteroatoms. The molecular weight excluding hydrogens is 318 g/mol. The summed E-state index contributed by atoms with van der Waals surface area (Å²) in [6, 6.07) is 15.2. The number of benzene rings is 2. The van der Waals surface area contributed by atoms with E-state index in [1.54, 1.807) is 7.11 Å². The van der Waals surface area contributed by atoms with Crippen LogP contribution in [-0.2, 0) is 11.2 Å². The molecule has 0 spiro atoms. The Labute approximate surface area is 148 Å². The van der Waals surface area contributed by atoms with Gasteiger partial charge in [0.05, 0.1) is 20.3 Å². The Bertz CT molecular complexity index is 655. The molecule has 2 aromatic carbocycles. The monoisotopic (exact) mass is 343 g/mol. The number of carbonyl (C=O) groups excluding carboxylic acids is 1. The summed E-state index contributed by atoms with van der Waals surface area (Å²) in [7, 11) is 1.62. The lowest BCUT2D eigenvalue weighted by Gasteiger charge is -2.10. The van der Waals surface area contributed by atoms with Crippen LogP contribution in [0.15, 0.2) is 48.5 Å². The molecule has 1 amide bonds. The molecule has 0 saturated heterocycles. The predicted octanol–water partition coefficient (Wildman–Crippen LogP) is 3.22. The molecule has 0 atom stereocenters. The standard InChI is InChI=1S/C20H25NO4/c1-3-24-19-7-5-4-6-16(19)8-13-20(22)21-14-15-25-18-11-9-17(23-2)10-12-18/h4-7,9-12H,3,8,13-15H2,1-2H3,(H,21,22). The minimum Gasteiger partial charge on any atom is -0.497 e. The van der Waals surface area contributed by atoms with Gasteiger partial charge in [0.25, 0.3) is 0 Å². The fourth-order valence-corrected chi connectivity index (χ4v) is 2.37. The van der Waals surface area contributed by atoms with Crippen LogP contribution in [0.5, 0.6) is 17.2 Å². The highest BCUT2D eigenvalue weighted by Gasteiger charge is 2.06. The highest BCUT2D eigenvalue weighted by atomic mass is 16.5. The van der Waals surface area contributed by atoms with Crippen molar-refractivity contribution in [1.29, 1.82) is 0 Å². The average molecular weight is 343 g/mol. The van der Waals surface area contributed by atoms with Gasteiger partial charge >= 0.3 is 0 Å². The Morgan fingerprint density at radius 3 is 2.44 bits per heavy atom. The highest BCUT2D eigenvalue weighted by molar-refractivity contribution is 5.76. The summed E-state index contributed by atoms with van der Waals surface area (Å²) in [5, 5.41) is 2.87. The van der Waals surface area contributed by atoms with Gasteiger partial charge in [0.2, 0.25) is 5.91 Å². The Morgan fingerprint density at radius 2 is 1.72 bits per heavy atom. The molecular formula is C20H25NO4. The summed E-state index contributed by atoms with van der Waals surface area (Å²) in [5.74, 6) is 2.39. The number of ether oxygens (including phenoxy) is 3. The minimum atomic E-state index is 0.00429. The topological polar surface area (TPSA) is 56.8 Å². The Balaban J connectivity index is 1.67. The summed E-state index contributed by atoms with van der Waals surface area (Å²) in [5.41, 5.74) is 1.05. The molecule has 0 aliphatic carbocycles. The van der Waals surface area contributed by atoms with Gasteiger partial charge in [-0.15, -0.1) is 0 Å². The molecule has 0 heterocycles. The van der Waals surface area contributed by atoms with E-state index < -0.39 is 0 Å². The summed E-state index contributed by atoms with van der Waals surface area (Å²) in [4.78, 5) is 12.0. The van der Waals surface area contributed by atoms with Crippen LogP contribution in [0.4, 0.5) is 0 Å². The van der Waals surface area contributed by atoms with Gasteiger partial charge in [-0.1, -0.05) is 18.2 Å². The molecule has 2 aromatic rings. The van der Waals surface area contributed by atoms with Crippen molar-refractivity contribution in [3.63, 3.8) is 0 Å². The summed E-state index contributed by atoms with van der Waals surface area (Å²) < 4.78 is 16.2. The van der Waals surface area contributed by atoms with Crippen molar-refractivity contribution >= 4 is 5.91 Å². The maximum Gasteiger partial charge on any atom is 0.220 e. The van der Waals surface area contributed by atoms with Crippen LogP contribution in [0.2, 0.25) is 0 Å². The molecule has 0 aliphatic heterocycles. The maximum atomic E-state index is 12.0. The first-order valence-electron chi connectivity index (χ1n) is 8.47. The SMILES string of the molecule is CCOc1ccccc1CCC(=O)NCCOc1ccc(OC)cc1. The van der Waals surface area contributed by atoms with Crippen LogP contribution in [0.1, 0.15) is 18.9 Å². The number of amides is 1. The molecule has 0 bridgehead atoms. The second-order valence-electron chi connectivity index (χ2n) is 5.41. The van der Waals surface area contributed by atoms with E-state index in [9.17, 15) is 4.79 Å². The zero-order chi connectivity index (χ0) is 17.9. The van der Waals surface area contributed by atoms with Crippen LogP contribution >= 0.6 is 0 Å².